The molecule has 3 N–H and O–H groups in total. The lowest BCUT2D eigenvalue weighted by atomic mass is 10.0. The van der Waals surface area contributed by atoms with Crippen LogP contribution in [0.5, 0.6) is 0 Å². The van der Waals surface area contributed by atoms with Crippen LogP contribution in [0.4, 0.5) is 11.6 Å². The van der Waals surface area contributed by atoms with Gasteiger partial charge in [0.25, 0.3) is 0 Å². The molecule has 0 amide bonds. The first-order valence-electron chi connectivity index (χ1n) is 5.60. The first kappa shape index (κ1) is 11.1. The number of anilines is 2. The zero-order valence-corrected chi connectivity index (χ0v) is 9.56. The zero-order valence-electron chi connectivity index (χ0n) is 9.56. The molecule has 1 fully saturated rings. The molecule has 1 aliphatic carbocycles. The molecule has 1 heterocycles. The highest BCUT2D eigenvalue weighted by Gasteiger charge is 2.32. The highest BCUT2D eigenvalue weighted by atomic mass is 16.3. The van der Waals surface area contributed by atoms with Crippen LogP contribution in [0.3, 0.4) is 0 Å². The van der Waals surface area contributed by atoms with Crippen molar-refractivity contribution >= 4 is 11.6 Å². The van der Waals surface area contributed by atoms with Crippen molar-refractivity contribution in [2.75, 3.05) is 24.2 Å². The van der Waals surface area contributed by atoms with Gasteiger partial charge in [-0.1, -0.05) is 12.8 Å². The van der Waals surface area contributed by atoms with E-state index in [4.69, 9.17) is 5.73 Å². The van der Waals surface area contributed by atoms with E-state index in [9.17, 15) is 5.11 Å². The summed E-state index contributed by atoms with van der Waals surface area (Å²) in [6.45, 7) is 0.601. The van der Waals surface area contributed by atoms with E-state index >= 15 is 0 Å². The van der Waals surface area contributed by atoms with Crippen molar-refractivity contribution in [3.05, 3.63) is 12.4 Å². The molecule has 2 rings (SSSR count). The second-order valence-corrected chi connectivity index (χ2v) is 4.59. The molecule has 5 heteroatoms. The van der Waals surface area contributed by atoms with E-state index in [0.717, 1.165) is 31.5 Å². The fourth-order valence-electron chi connectivity index (χ4n) is 2.28. The van der Waals surface area contributed by atoms with Crippen molar-refractivity contribution in [3.63, 3.8) is 0 Å². The van der Waals surface area contributed by atoms with Gasteiger partial charge in [-0.3, -0.25) is 0 Å². The van der Waals surface area contributed by atoms with Gasteiger partial charge in [0.2, 0.25) is 0 Å². The first-order chi connectivity index (χ1) is 7.59. The normalized spacial score (nSPS) is 18.6. The molecule has 16 heavy (non-hydrogen) atoms. The van der Waals surface area contributed by atoms with E-state index in [1.807, 2.05) is 11.9 Å². The zero-order chi connectivity index (χ0) is 11.6. The van der Waals surface area contributed by atoms with E-state index in [1.165, 1.54) is 6.33 Å². The Morgan fingerprint density at radius 3 is 2.75 bits per heavy atom. The molecule has 0 spiro atoms. The number of nitrogens with zero attached hydrogens (tertiary/aromatic N) is 3. The topological polar surface area (TPSA) is 75.3 Å². The molecular weight excluding hydrogens is 204 g/mol. The largest absolute Gasteiger partial charge is 0.388 e. The van der Waals surface area contributed by atoms with Gasteiger partial charge in [-0.05, 0) is 12.8 Å². The molecule has 5 nitrogen and oxygen atoms in total. The summed E-state index contributed by atoms with van der Waals surface area (Å²) in [5, 5.41) is 10.3. The molecule has 0 bridgehead atoms. The molecule has 0 saturated heterocycles. The lowest BCUT2D eigenvalue weighted by molar-refractivity contribution is 0.0558. The molecule has 1 aromatic rings. The van der Waals surface area contributed by atoms with Crippen LogP contribution in [-0.2, 0) is 0 Å². The van der Waals surface area contributed by atoms with E-state index in [1.54, 1.807) is 6.07 Å². The Morgan fingerprint density at radius 2 is 2.12 bits per heavy atom. The molecule has 1 saturated carbocycles. The van der Waals surface area contributed by atoms with Gasteiger partial charge in [-0.25, -0.2) is 9.97 Å². The molecule has 0 aliphatic heterocycles. The third-order valence-corrected chi connectivity index (χ3v) is 3.13. The highest BCUT2D eigenvalue weighted by Crippen LogP contribution is 2.30. The Morgan fingerprint density at radius 1 is 1.44 bits per heavy atom. The maximum Gasteiger partial charge on any atom is 0.133 e. The van der Waals surface area contributed by atoms with Crippen molar-refractivity contribution in [2.45, 2.75) is 31.3 Å². The summed E-state index contributed by atoms with van der Waals surface area (Å²) >= 11 is 0. The third-order valence-electron chi connectivity index (χ3n) is 3.13. The Bertz CT molecular complexity index is 363. The number of likely N-dealkylation sites (N-methyl/N-ethyl adjacent to an activating group) is 1. The first-order valence-corrected chi connectivity index (χ1v) is 5.60. The van der Waals surface area contributed by atoms with Crippen molar-refractivity contribution < 1.29 is 5.11 Å². The fraction of sp³-hybridized carbons (Fsp3) is 0.636. The van der Waals surface area contributed by atoms with Gasteiger partial charge in [0.15, 0.2) is 0 Å². The number of nitrogen functional groups attached to an aromatic ring is 1. The second-order valence-electron chi connectivity index (χ2n) is 4.59. The maximum atomic E-state index is 10.3. The monoisotopic (exact) mass is 222 g/mol. The van der Waals surface area contributed by atoms with E-state index in [-0.39, 0.29) is 0 Å². The molecule has 1 aliphatic rings. The van der Waals surface area contributed by atoms with Crippen molar-refractivity contribution in [3.8, 4) is 0 Å². The highest BCUT2D eigenvalue weighted by molar-refractivity contribution is 5.45. The van der Waals surface area contributed by atoms with Crippen LogP contribution in [-0.4, -0.2) is 34.3 Å². The lowest BCUT2D eigenvalue weighted by Crippen LogP contribution is -2.39. The van der Waals surface area contributed by atoms with Crippen LogP contribution in [0.2, 0.25) is 0 Å². The predicted molar refractivity (Wildman–Crippen MR) is 63.1 cm³/mol. The van der Waals surface area contributed by atoms with Crippen LogP contribution in [0.15, 0.2) is 12.4 Å². The summed E-state index contributed by atoms with van der Waals surface area (Å²) in [5.41, 5.74) is 5.04. The van der Waals surface area contributed by atoms with Crippen LogP contribution in [0.1, 0.15) is 25.7 Å². The van der Waals surface area contributed by atoms with Crippen LogP contribution in [0, 0.1) is 0 Å². The molecule has 88 valence electrons. The Labute approximate surface area is 95.3 Å². The Balaban J connectivity index is 2.05. The van der Waals surface area contributed by atoms with Crippen LogP contribution >= 0.6 is 0 Å². The van der Waals surface area contributed by atoms with Crippen molar-refractivity contribution in [1.82, 2.24) is 9.97 Å². The van der Waals surface area contributed by atoms with Crippen molar-refractivity contribution in [1.29, 1.82) is 0 Å². The van der Waals surface area contributed by atoms with E-state index in [0.29, 0.717) is 12.4 Å². The van der Waals surface area contributed by atoms with Gasteiger partial charge < -0.3 is 15.7 Å². The summed E-state index contributed by atoms with van der Waals surface area (Å²) < 4.78 is 0. The minimum atomic E-state index is -0.561. The van der Waals surface area contributed by atoms with Gasteiger partial charge in [0, 0.05) is 19.7 Å². The summed E-state index contributed by atoms with van der Waals surface area (Å²) in [7, 11) is 1.91. The van der Waals surface area contributed by atoms with Gasteiger partial charge in [0.1, 0.15) is 18.0 Å². The summed E-state index contributed by atoms with van der Waals surface area (Å²) in [5.74, 6) is 1.21. The fourth-order valence-corrected chi connectivity index (χ4v) is 2.28. The van der Waals surface area contributed by atoms with Crippen LogP contribution < -0.4 is 10.6 Å². The number of hydrogen-bond donors (Lipinski definition) is 2. The minimum absolute atomic E-state index is 0.454. The number of aliphatic hydroxyl groups is 1. The SMILES string of the molecule is CN(CC1(O)CCCC1)c1cc(N)ncn1. The number of aromatic nitrogens is 2. The Kier molecular flexibility index (Phi) is 2.96. The number of rotatable bonds is 3. The predicted octanol–water partition coefficient (Wildman–Crippen LogP) is 0.800. The van der Waals surface area contributed by atoms with Gasteiger partial charge in [0.05, 0.1) is 5.60 Å². The molecule has 1 aromatic heterocycles. The smallest absolute Gasteiger partial charge is 0.133 e. The number of nitrogens with two attached hydrogens (primary N) is 1. The standard InChI is InChI=1S/C11H18N4O/c1-15(7-11(16)4-2-3-5-11)10-6-9(12)13-8-14-10/h6,8,16H,2-5,7H2,1H3,(H2,12,13,14). The Hall–Kier alpha value is -1.36. The average Bonchev–Trinajstić information content (AvgIpc) is 2.65. The molecular formula is C11H18N4O. The van der Waals surface area contributed by atoms with E-state index in [2.05, 4.69) is 9.97 Å². The van der Waals surface area contributed by atoms with Crippen molar-refractivity contribution in [2.24, 2.45) is 0 Å². The van der Waals surface area contributed by atoms with Gasteiger partial charge in [-0.2, -0.15) is 0 Å². The quantitative estimate of drug-likeness (QED) is 0.791. The van der Waals surface area contributed by atoms with Crippen LogP contribution in [0.25, 0.3) is 0 Å². The third kappa shape index (κ3) is 2.41. The maximum absolute atomic E-state index is 10.3. The van der Waals surface area contributed by atoms with E-state index < -0.39 is 5.60 Å². The van der Waals surface area contributed by atoms with Gasteiger partial charge >= 0.3 is 0 Å². The lowest BCUT2D eigenvalue weighted by Gasteiger charge is -2.29. The summed E-state index contributed by atoms with van der Waals surface area (Å²) in [6.07, 6.45) is 5.40. The molecule has 0 radical (unpaired) electrons. The summed E-state index contributed by atoms with van der Waals surface area (Å²) in [6, 6.07) is 1.72. The minimum Gasteiger partial charge on any atom is -0.388 e. The molecule has 0 aromatic carbocycles. The average molecular weight is 222 g/mol. The summed E-state index contributed by atoms with van der Waals surface area (Å²) in [4.78, 5) is 9.92. The molecule has 0 unspecified atom stereocenters. The van der Waals surface area contributed by atoms with Gasteiger partial charge in [-0.15, -0.1) is 0 Å². The second kappa shape index (κ2) is 4.25. The number of hydrogen-bond acceptors (Lipinski definition) is 5. The molecule has 0 atom stereocenters.